The van der Waals surface area contributed by atoms with Gasteiger partial charge in [-0.15, -0.1) is 0 Å². The number of rotatable bonds is 4. The van der Waals surface area contributed by atoms with Crippen molar-refractivity contribution in [2.24, 2.45) is 11.3 Å². The van der Waals surface area contributed by atoms with Gasteiger partial charge in [0.05, 0.1) is 6.61 Å². The zero-order valence-corrected chi connectivity index (χ0v) is 11.1. The summed E-state index contributed by atoms with van der Waals surface area (Å²) in [5.74, 6) is -0.258. The van der Waals surface area contributed by atoms with Gasteiger partial charge in [-0.2, -0.15) is 0 Å². The fourth-order valence-corrected chi connectivity index (χ4v) is 2.16. The van der Waals surface area contributed by atoms with Crippen LogP contribution in [0.1, 0.15) is 47.0 Å². The van der Waals surface area contributed by atoms with Gasteiger partial charge in [-0.05, 0) is 32.1 Å². The second kappa shape index (κ2) is 5.52. The second-order valence-corrected chi connectivity index (χ2v) is 5.40. The Morgan fingerprint density at radius 2 is 2.06 bits per heavy atom. The molecule has 1 rings (SSSR count). The van der Waals surface area contributed by atoms with Crippen LogP contribution in [0.3, 0.4) is 0 Å². The van der Waals surface area contributed by atoms with Crippen LogP contribution >= 0.6 is 0 Å². The lowest BCUT2D eigenvalue weighted by Crippen LogP contribution is -2.39. The van der Waals surface area contributed by atoms with Gasteiger partial charge in [0.2, 0.25) is 0 Å². The van der Waals surface area contributed by atoms with Crippen molar-refractivity contribution in [2.75, 3.05) is 6.61 Å². The smallest absolute Gasteiger partial charge is 0.315 e. The number of carbonyl (C=O) groups excluding carboxylic acids is 2. The van der Waals surface area contributed by atoms with Gasteiger partial charge < -0.3 is 9.47 Å². The molecule has 0 aliphatic heterocycles. The van der Waals surface area contributed by atoms with E-state index in [1.165, 1.54) is 6.92 Å². The summed E-state index contributed by atoms with van der Waals surface area (Å²) in [4.78, 5) is 23.1. The zero-order chi connectivity index (χ0) is 13.1. The van der Waals surface area contributed by atoms with Crippen LogP contribution < -0.4 is 0 Å². The molecule has 0 aromatic carbocycles. The van der Waals surface area contributed by atoms with Crippen molar-refractivity contribution >= 4 is 11.9 Å². The lowest BCUT2D eigenvalue weighted by atomic mass is 9.86. The number of hydrogen-bond acceptors (Lipinski definition) is 4. The monoisotopic (exact) mass is 242 g/mol. The molecular formula is C13H22O4. The van der Waals surface area contributed by atoms with E-state index >= 15 is 0 Å². The van der Waals surface area contributed by atoms with Gasteiger partial charge in [0.25, 0.3) is 0 Å². The minimum Gasteiger partial charge on any atom is -0.465 e. The Bertz CT molecular complexity index is 298. The molecule has 1 aliphatic rings. The van der Waals surface area contributed by atoms with Gasteiger partial charge in [0, 0.05) is 6.92 Å². The Morgan fingerprint density at radius 3 is 2.59 bits per heavy atom. The zero-order valence-electron chi connectivity index (χ0n) is 11.1. The van der Waals surface area contributed by atoms with E-state index in [-0.39, 0.29) is 18.0 Å². The molecule has 0 spiro atoms. The summed E-state index contributed by atoms with van der Waals surface area (Å²) >= 11 is 0. The Labute approximate surface area is 103 Å². The van der Waals surface area contributed by atoms with Crippen LogP contribution in [0, 0.1) is 11.3 Å². The van der Waals surface area contributed by atoms with Crippen molar-refractivity contribution in [3.63, 3.8) is 0 Å². The quantitative estimate of drug-likeness (QED) is 0.710. The summed E-state index contributed by atoms with van der Waals surface area (Å²) in [5, 5.41) is 0. The van der Waals surface area contributed by atoms with E-state index in [2.05, 4.69) is 0 Å². The Kier molecular flexibility index (Phi) is 4.54. The minimum atomic E-state index is -0.666. The van der Waals surface area contributed by atoms with Crippen LogP contribution in [0.15, 0.2) is 0 Å². The molecule has 0 aromatic heterocycles. The van der Waals surface area contributed by atoms with Crippen molar-refractivity contribution < 1.29 is 19.1 Å². The molecular weight excluding hydrogens is 220 g/mol. The number of ether oxygens (including phenoxy) is 2. The fourth-order valence-electron chi connectivity index (χ4n) is 2.16. The molecule has 1 fully saturated rings. The summed E-state index contributed by atoms with van der Waals surface area (Å²) in [6.45, 7) is 7.61. The molecule has 0 saturated heterocycles. The average molecular weight is 242 g/mol. The Hall–Kier alpha value is -1.06. The SMILES string of the molecule is CC(=O)OC1CCCC1(C)C(=O)OCC(C)C. The number of hydrogen-bond donors (Lipinski definition) is 0. The van der Waals surface area contributed by atoms with E-state index in [0.29, 0.717) is 12.5 Å². The molecule has 0 bridgehead atoms. The van der Waals surface area contributed by atoms with Crippen LogP contribution in [0.5, 0.6) is 0 Å². The van der Waals surface area contributed by atoms with E-state index in [0.717, 1.165) is 19.3 Å². The van der Waals surface area contributed by atoms with Gasteiger partial charge >= 0.3 is 11.9 Å². The third-order valence-corrected chi connectivity index (χ3v) is 3.20. The van der Waals surface area contributed by atoms with Crippen LogP contribution in [0.25, 0.3) is 0 Å². The summed E-state index contributed by atoms with van der Waals surface area (Å²) in [7, 11) is 0. The van der Waals surface area contributed by atoms with Crippen molar-refractivity contribution in [3.8, 4) is 0 Å². The van der Waals surface area contributed by atoms with Crippen LogP contribution in [0.4, 0.5) is 0 Å². The minimum absolute atomic E-state index is 0.241. The average Bonchev–Trinajstić information content (AvgIpc) is 2.57. The normalized spacial score (nSPS) is 28.2. The maximum absolute atomic E-state index is 12.0. The first-order valence-electron chi connectivity index (χ1n) is 6.20. The van der Waals surface area contributed by atoms with Crippen molar-refractivity contribution in [3.05, 3.63) is 0 Å². The molecule has 4 nitrogen and oxygen atoms in total. The third-order valence-electron chi connectivity index (χ3n) is 3.20. The standard InChI is InChI=1S/C13H22O4/c1-9(2)8-16-12(15)13(4)7-5-6-11(13)17-10(3)14/h9,11H,5-8H2,1-4H3. The molecule has 0 amide bonds. The Balaban J connectivity index is 2.64. The maximum atomic E-state index is 12.0. The van der Waals surface area contributed by atoms with Crippen molar-refractivity contribution in [2.45, 2.75) is 53.1 Å². The molecule has 0 heterocycles. The van der Waals surface area contributed by atoms with E-state index in [4.69, 9.17) is 9.47 Å². The third kappa shape index (κ3) is 3.45. The van der Waals surface area contributed by atoms with Crippen LogP contribution in [-0.4, -0.2) is 24.6 Å². The summed E-state index contributed by atoms with van der Waals surface area (Å²) in [6.07, 6.45) is 2.03. The molecule has 1 saturated carbocycles. The molecule has 98 valence electrons. The summed E-state index contributed by atoms with van der Waals surface area (Å²) in [5.41, 5.74) is -0.666. The molecule has 1 aliphatic carbocycles. The molecule has 0 N–H and O–H groups in total. The topological polar surface area (TPSA) is 52.6 Å². The van der Waals surface area contributed by atoms with Crippen molar-refractivity contribution in [1.29, 1.82) is 0 Å². The van der Waals surface area contributed by atoms with E-state index in [9.17, 15) is 9.59 Å². The van der Waals surface area contributed by atoms with E-state index in [1.54, 1.807) is 0 Å². The molecule has 4 heteroatoms. The predicted octanol–water partition coefficient (Wildman–Crippen LogP) is 2.31. The molecule has 17 heavy (non-hydrogen) atoms. The predicted molar refractivity (Wildman–Crippen MR) is 63.3 cm³/mol. The summed E-state index contributed by atoms with van der Waals surface area (Å²) in [6, 6.07) is 0. The largest absolute Gasteiger partial charge is 0.465 e. The first-order chi connectivity index (χ1) is 7.86. The van der Waals surface area contributed by atoms with Gasteiger partial charge in [0.1, 0.15) is 11.5 Å². The van der Waals surface area contributed by atoms with Gasteiger partial charge in [-0.1, -0.05) is 13.8 Å². The highest BCUT2D eigenvalue weighted by Crippen LogP contribution is 2.41. The van der Waals surface area contributed by atoms with Gasteiger partial charge in [-0.3, -0.25) is 9.59 Å². The lowest BCUT2D eigenvalue weighted by Gasteiger charge is -2.28. The first-order valence-corrected chi connectivity index (χ1v) is 6.20. The fraction of sp³-hybridized carbons (Fsp3) is 0.846. The highest BCUT2D eigenvalue weighted by atomic mass is 16.6. The highest BCUT2D eigenvalue weighted by molar-refractivity contribution is 5.78. The maximum Gasteiger partial charge on any atom is 0.315 e. The molecule has 2 unspecified atom stereocenters. The van der Waals surface area contributed by atoms with Crippen LogP contribution in [-0.2, 0) is 19.1 Å². The van der Waals surface area contributed by atoms with E-state index in [1.807, 2.05) is 20.8 Å². The van der Waals surface area contributed by atoms with Crippen molar-refractivity contribution in [1.82, 2.24) is 0 Å². The number of esters is 2. The summed E-state index contributed by atoms with van der Waals surface area (Å²) < 4.78 is 10.5. The lowest BCUT2D eigenvalue weighted by molar-refractivity contribution is -0.168. The highest BCUT2D eigenvalue weighted by Gasteiger charge is 2.48. The van der Waals surface area contributed by atoms with Gasteiger partial charge in [-0.25, -0.2) is 0 Å². The first kappa shape index (κ1) is 14.0. The number of carbonyl (C=O) groups is 2. The molecule has 0 radical (unpaired) electrons. The second-order valence-electron chi connectivity index (χ2n) is 5.40. The van der Waals surface area contributed by atoms with E-state index < -0.39 is 5.41 Å². The van der Waals surface area contributed by atoms with Gasteiger partial charge in [0.15, 0.2) is 0 Å². The Morgan fingerprint density at radius 1 is 1.41 bits per heavy atom. The molecule has 0 aromatic rings. The molecule has 2 atom stereocenters. The van der Waals surface area contributed by atoms with Crippen LogP contribution in [0.2, 0.25) is 0 Å².